The predicted octanol–water partition coefficient (Wildman–Crippen LogP) is 4.47. The molecule has 2 aliphatic carbocycles. The quantitative estimate of drug-likeness (QED) is 0.515. The van der Waals surface area contributed by atoms with Crippen LogP contribution in [0.25, 0.3) is 0 Å². The van der Waals surface area contributed by atoms with Crippen molar-refractivity contribution in [2.45, 2.75) is 70.8 Å². The van der Waals surface area contributed by atoms with Crippen LogP contribution < -0.4 is 5.32 Å². The van der Waals surface area contributed by atoms with Gasteiger partial charge in [0.15, 0.2) is 0 Å². The SMILES string of the molecule is CCSCCCC1CCCCCC1CNC1CC1. The zero-order valence-electron chi connectivity index (χ0n) is 12.1. The summed E-state index contributed by atoms with van der Waals surface area (Å²) < 4.78 is 0. The van der Waals surface area contributed by atoms with Crippen molar-refractivity contribution >= 4 is 11.8 Å². The summed E-state index contributed by atoms with van der Waals surface area (Å²) in [5.41, 5.74) is 0. The highest BCUT2D eigenvalue weighted by molar-refractivity contribution is 7.99. The van der Waals surface area contributed by atoms with Gasteiger partial charge in [-0.2, -0.15) is 11.8 Å². The summed E-state index contributed by atoms with van der Waals surface area (Å²) >= 11 is 2.12. The predicted molar refractivity (Wildman–Crippen MR) is 83.3 cm³/mol. The topological polar surface area (TPSA) is 12.0 Å². The van der Waals surface area contributed by atoms with Crippen LogP contribution in [-0.2, 0) is 0 Å². The Kier molecular flexibility index (Phi) is 6.93. The van der Waals surface area contributed by atoms with Gasteiger partial charge in [-0.05, 0) is 62.0 Å². The van der Waals surface area contributed by atoms with E-state index in [2.05, 4.69) is 24.0 Å². The van der Waals surface area contributed by atoms with E-state index in [9.17, 15) is 0 Å². The molecule has 0 aromatic heterocycles. The number of thioether (sulfide) groups is 1. The second-order valence-electron chi connectivity index (χ2n) is 6.18. The Labute approximate surface area is 118 Å². The Morgan fingerprint density at radius 3 is 2.50 bits per heavy atom. The van der Waals surface area contributed by atoms with Gasteiger partial charge >= 0.3 is 0 Å². The van der Waals surface area contributed by atoms with E-state index in [0.717, 1.165) is 17.9 Å². The van der Waals surface area contributed by atoms with Crippen LogP contribution in [0.3, 0.4) is 0 Å². The Bertz CT molecular complexity index is 215. The second kappa shape index (κ2) is 8.47. The normalized spacial score (nSPS) is 29.2. The lowest BCUT2D eigenvalue weighted by atomic mass is 9.84. The van der Waals surface area contributed by atoms with E-state index in [-0.39, 0.29) is 0 Å². The lowest BCUT2D eigenvalue weighted by molar-refractivity contribution is 0.281. The fourth-order valence-electron chi connectivity index (χ4n) is 3.31. The van der Waals surface area contributed by atoms with Gasteiger partial charge in [-0.15, -0.1) is 0 Å². The number of hydrogen-bond donors (Lipinski definition) is 1. The van der Waals surface area contributed by atoms with Crippen LogP contribution in [0.2, 0.25) is 0 Å². The summed E-state index contributed by atoms with van der Waals surface area (Å²) in [4.78, 5) is 0. The lowest BCUT2D eigenvalue weighted by Gasteiger charge is -2.25. The molecule has 2 saturated carbocycles. The molecule has 0 saturated heterocycles. The molecule has 1 N–H and O–H groups in total. The molecular weight excluding hydrogens is 238 g/mol. The maximum absolute atomic E-state index is 3.78. The Balaban J connectivity index is 1.69. The van der Waals surface area contributed by atoms with Gasteiger partial charge in [0.25, 0.3) is 0 Å². The number of nitrogens with one attached hydrogen (secondary N) is 1. The first kappa shape index (κ1) is 14.7. The third-order valence-corrected chi connectivity index (χ3v) is 5.62. The molecule has 2 unspecified atom stereocenters. The average Bonchev–Trinajstić information content (AvgIpc) is 3.20. The van der Waals surface area contributed by atoms with Gasteiger partial charge < -0.3 is 5.32 Å². The highest BCUT2D eigenvalue weighted by atomic mass is 32.2. The zero-order chi connectivity index (χ0) is 12.6. The first-order chi connectivity index (χ1) is 8.90. The molecule has 2 heteroatoms. The largest absolute Gasteiger partial charge is 0.314 e. The second-order valence-corrected chi connectivity index (χ2v) is 7.57. The molecule has 0 bridgehead atoms. The highest BCUT2D eigenvalue weighted by Crippen LogP contribution is 2.32. The van der Waals surface area contributed by atoms with Gasteiger partial charge in [-0.25, -0.2) is 0 Å². The molecule has 0 aromatic carbocycles. The number of rotatable bonds is 8. The number of hydrogen-bond acceptors (Lipinski definition) is 2. The Hall–Kier alpha value is 0.310. The van der Waals surface area contributed by atoms with Crippen molar-refractivity contribution in [1.82, 2.24) is 5.32 Å². The van der Waals surface area contributed by atoms with Crippen LogP contribution >= 0.6 is 11.8 Å². The molecule has 2 rings (SSSR count). The molecule has 2 atom stereocenters. The Morgan fingerprint density at radius 1 is 1.00 bits per heavy atom. The first-order valence-electron chi connectivity index (χ1n) is 8.21. The van der Waals surface area contributed by atoms with Crippen LogP contribution in [0.5, 0.6) is 0 Å². The van der Waals surface area contributed by atoms with Crippen molar-refractivity contribution in [2.24, 2.45) is 11.8 Å². The van der Waals surface area contributed by atoms with Crippen LogP contribution in [0.4, 0.5) is 0 Å². The van der Waals surface area contributed by atoms with Gasteiger partial charge in [0.1, 0.15) is 0 Å². The molecule has 0 radical (unpaired) electrons. The van der Waals surface area contributed by atoms with E-state index in [1.807, 2.05) is 0 Å². The van der Waals surface area contributed by atoms with Crippen molar-refractivity contribution in [3.8, 4) is 0 Å². The average molecular weight is 269 g/mol. The minimum absolute atomic E-state index is 0.893. The van der Waals surface area contributed by atoms with Gasteiger partial charge in [0, 0.05) is 6.04 Å². The van der Waals surface area contributed by atoms with Gasteiger partial charge in [0.05, 0.1) is 0 Å². The Morgan fingerprint density at radius 2 is 1.78 bits per heavy atom. The summed E-state index contributed by atoms with van der Waals surface area (Å²) in [6.45, 7) is 3.59. The van der Waals surface area contributed by atoms with Gasteiger partial charge in [-0.3, -0.25) is 0 Å². The zero-order valence-corrected chi connectivity index (χ0v) is 12.9. The van der Waals surface area contributed by atoms with E-state index in [0.29, 0.717) is 0 Å². The van der Waals surface area contributed by atoms with Crippen LogP contribution in [0, 0.1) is 11.8 Å². The van der Waals surface area contributed by atoms with Gasteiger partial charge in [-0.1, -0.05) is 32.6 Å². The van der Waals surface area contributed by atoms with E-state index in [1.54, 1.807) is 0 Å². The third-order valence-electron chi connectivity index (χ3n) is 4.63. The fraction of sp³-hybridized carbons (Fsp3) is 1.00. The molecule has 0 amide bonds. The molecule has 0 aromatic rings. The van der Waals surface area contributed by atoms with Crippen LogP contribution in [0.1, 0.15) is 64.7 Å². The summed E-state index contributed by atoms with van der Waals surface area (Å²) in [5, 5.41) is 3.78. The van der Waals surface area contributed by atoms with Crippen molar-refractivity contribution in [3.05, 3.63) is 0 Å². The lowest BCUT2D eigenvalue weighted by Crippen LogP contribution is -2.29. The summed E-state index contributed by atoms with van der Waals surface area (Å²) in [7, 11) is 0. The maximum atomic E-state index is 3.78. The van der Waals surface area contributed by atoms with Crippen LogP contribution in [-0.4, -0.2) is 24.1 Å². The molecule has 106 valence electrons. The fourth-order valence-corrected chi connectivity index (χ4v) is 3.97. The summed E-state index contributed by atoms with van der Waals surface area (Å²) in [6.07, 6.45) is 13.3. The van der Waals surface area contributed by atoms with Crippen molar-refractivity contribution in [2.75, 3.05) is 18.1 Å². The molecule has 1 nitrogen and oxygen atoms in total. The molecule has 2 fully saturated rings. The molecular formula is C16H31NS. The third kappa shape index (κ3) is 5.52. The van der Waals surface area contributed by atoms with Gasteiger partial charge in [0.2, 0.25) is 0 Å². The molecule has 0 aliphatic heterocycles. The minimum atomic E-state index is 0.893. The summed E-state index contributed by atoms with van der Waals surface area (Å²) in [5.74, 6) is 4.68. The van der Waals surface area contributed by atoms with Crippen molar-refractivity contribution < 1.29 is 0 Å². The van der Waals surface area contributed by atoms with E-state index < -0.39 is 0 Å². The molecule has 2 aliphatic rings. The summed E-state index contributed by atoms with van der Waals surface area (Å²) in [6, 6.07) is 0.893. The van der Waals surface area contributed by atoms with E-state index in [1.165, 1.54) is 75.8 Å². The molecule has 0 spiro atoms. The molecule has 18 heavy (non-hydrogen) atoms. The van der Waals surface area contributed by atoms with E-state index >= 15 is 0 Å². The minimum Gasteiger partial charge on any atom is -0.314 e. The van der Waals surface area contributed by atoms with Crippen LogP contribution in [0.15, 0.2) is 0 Å². The molecule has 0 heterocycles. The first-order valence-corrected chi connectivity index (χ1v) is 9.36. The highest BCUT2D eigenvalue weighted by Gasteiger charge is 2.26. The maximum Gasteiger partial charge on any atom is 0.00683 e. The van der Waals surface area contributed by atoms with Crippen molar-refractivity contribution in [1.29, 1.82) is 0 Å². The van der Waals surface area contributed by atoms with E-state index in [4.69, 9.17) is 0 Å². The standard InChI is InChI=1S/C16H31NS/c1-2-18-12-6-9-14-7-4-3-5-8-15(14)13-17-16-10-11-16/h14-17H,2-13H2,1H3. The van der Waals surface area contributed by atoms with Crippen molar-refractivity contribution in [3.63, 3.8) is 0 Å². The smallest absolute Gasteiger partial charge is 0.00683 e. The monoisotopic (exact) mass is 269 g/mol.